The molecule has 1 aromatic rings. The van der Waals surface area contributed by atoms with Crippen molar-refractivity contribution in [3.8, 4) is 0 Å². The van der Waals surface area contributed by atoms with Gasteiger partial charge >= 0.3 is 12.1 Å². The van der Waals surface area contributed by atoms with Crippen LogP contribution in [0.4, 0.5) is 9.18 Å². The summed E-state index contributed by atoms with van der Waals surface area (Å²) >= 11 is 17.9. The third-order valence-corrected chi connectivity index (χ3v) is 6.26. The standard InChI is InChI=1S/C22H30Cl3FN2O4/c1-12-10-22(18(29)31-20(2,3)4,8-9-28(12)19(30)32-21(5,6)7)11-13-16(26)14(23)15(24)17(25)27-13/h12H,8-11H2,1-7H3/t12-,22-/m1/s1. The van der Waals surface area contributed by atoms with E-state index in [1.807, 2.05) is 6.92 Å². The second-order valence-electron chi connectivity index (χ2n) is 10.2. The minimum Gasteiger partial charge on any atom is -0.460 e. The molecule has 1 aliphatic heterocycles. The lowest BCUT2D eigenvalue weighted by Gasteiger charge is -2.44. The molecule has 0 N–H and O–H groups in total. The molecule has 1 fully saturated rings. The average molecular weight is 512 g/mol. The quantitative estimate of drug-likeness (QED) is 0.343. The maximum Gasteiger partial charge on any atom is 0.410 e. The first-order valence-corrected chi connectivity index (χ1v) is 11.5. The topological polar surface area (TPSA) is 68.7 Å². The number of nitrogens with zero attached hydrogens (tertiary/aromatic N) is 2. The van der Waals surface area contributed by atoms with Crippen molar-refractivity contribution in [1.29, 1.82) is 0 Å². The van der Waals surface area contributed by atoms with Crippen LogP contribution in [0.5, 0.6) is 0 Å². The van der Waals surface area contributed by atoms with E-state index in [1.54, 1.807) is 46.4 Å². The van der Waals surface area contributed by atoms with Crippen LogP contribution >= 0.6 is 34.8 Å². The van der Waals surface area contributed by atoms with Gasteiger partial charge in [0.25, 0.3) is 0 Å². The van der Waals surface area contributed by atoms with Gasteiger partial charge in [-0.05, 0) is 61.3 Å². The van der Waals surface area contributed by atoms with Crippen LogP contribution in [0.1, 0.15) is 67.0 Å². The van der Waals surface area contributed by atoms with E-state index in [0.29, 0.717) is 0 Å². The summed E-state index contributed by atoms with van der Waals surface area (Å²) in [7, 11) is 0. The van der Waals surface area contributed by atoms with E-state index in [0.717, 1.165) is 0 Å². The molecule has 0 bridgehead atoms. The van der Waals surface area contributed by atoms with Crippen molar-refractivity contribution in [1.82, 2.24) is 9.88 Å². The van der Waals surface area contributed by atoms with Crippen LogP contribution in [0.2, 0.25) is 15.2 Å². The number of amides is 1. The molecule has 0 radical (unpaired) electrons. The highest BCUT2D eigenvalue weighted by Gasteiger charge is 2.49. The van der Waals surface area contributed by atoms with Gasteiger partial charge in [0.2, 0.25) is 0 Å². The second kappa shape index (κ2) is 9.51. The Morgan fingerprint density at radius 2 is 1.66 bits per heavy atom. The van der Waals surface area contributed by atoms with E-state index >= 15 is 0 Å². The van der Waals surface area contributed by atoms with Gasteiger partial charge in [0, 0.05) is 19.0 Å². The van der Waals surface area contributed by atoms with Crippen molar-refractivity contribution in [3.05, 3.63) is 26.7 Å². The Kier molecular flexibility index (Phi) is 8.01. The Morgan fingerprint density at radius 1 is 1.09 bits per heavy atom. The molecule has 2 heterocycles. The van der Waals surface area contributed by atoms with E-state index in [-0.39, 0.29) is 52.7 Å². The van der Waals surface area contributed by atoms with E-state index in [9.17, 15) is 14.0 Å². The lowest BCUT2D eigenvalue weighted by molar-refractivity contribution is -0.172. The molecule has 1 aliphatic rings. The van der Waals surface area contributed by atoms with Gasteiger partial charge in [0.1, 0.15) is 16.4 Å². The van der Waals surface area contributed by atoms with Crippen LogP contribution < -0.4 is 0 Å². The molecule has 1 aromatic heterocycles. The van der Waals surface area contributed by atoms with E-state index in [1.165, 1.54) is 0 Å². The first kappa shape index (κ1) is 26.9. The lowest BCUT2D eigenvalue weighted by atomic mass is 9.72. The number of piperidine rings is 1. The normalized spacial score (nSPS) is 22.0. The summed E-state index contributed by atoms with van der Waals surface area (Å²) in [6.07, 6.45) is -0.119. The van der Waals surface area contributed by atoms with Gasteiger partial charge in [-0.1, -0.05) is 34.8 Å². The number of hydrogen-bond donors (Lipinski definition) is 0. The summed E-state index contributed by atoms with van der Waals surface area (Å²) < 4.78 is 26.1. The van der Waals surface area contributed by atoms with Crippen molar-refractivity contribution in [2.75, 3.05) is 6.54 Å². The zero-order valence-electron chi connectivity index (χ0n) is 19.4. The molecule has 32 heavy (non-hydrogen) atoms. The van der Waals surface area contributed by atoms with Crippen molar-refractivity contribution in [2.24, 2.45) is 5.41 Å². The second-order valence-corrected chi connectivity index (χ2v) is 11.3. The highest BCUT2D eigenvalue weighted by Crippen LogP contribution is 2.42. The minimum atomic E-state index is -1.14. The van der Waals surface area contributed by atoms with Gasteiger partial charge in [-0.15, -0.1) is 0 Å². The molecule has 2 atom stereocenters. The van der Waals surface area contributed by atoms with Crippen LogP contribution in [0.15, 0.2) is 0 Å². The van der Waals surface area contributed by atoms with Gasteiger partial charge in [0.05, 0.1) is 21.2 Å². The number of esters is 1. The van der Waals surface area contributed by atoms with Crippen molar-refractivity contribution < 1.29 is 23.5 Å². The number of ether oxygens (including phenoxy) is 2. The molecular weight excluding hydrogens is 482 g/mol. The van der Waals surface area contributed by atoms with Gasteiger partial charge in [-0.2, -0.15) is 0 Å². The fraction of sp³-hybridized carbons (Fsp3) is 0.682. The molecule has 0 unspecified atom stereocenters. The maximum atomic E-state index is 14.9. The third kappa shape index (κ3) is 6.39. The molecule has 0 aliphatic carbocycles. The molecule has 1 saturated heterocycles. The van der Waals surface area contributed by atoms with Crippen LogP contribution in [-0.4, -0.2) is 45.7 Å². The summed E-state index contributed by atoms with van der Waals surface area (Å²) in [5, 5.41) is -0.680. The zero-order chi connectivity index (χ0) is 24.6. The summed E-state index contributed by atoms with van der Waals surface area (Å²) in [5.41, 5.74) is -2.62. The van der Waals surface area contributed by atoms with Gasteiger partial charge in [-0.25, -0.2) is 14.2 Å². The molecule has 2 rings (SSSR count). The van der Waals surface area contributed by atoms with Crippen LogP contribution in [0.25, 0.3) is 0 Å². The largest absolute Gasteiger partial charge is 0.460 e. The Labute approximate surface area is 203 Å². The summed E-state index contributed by atoms with van der Waals surface area (Å²) in [5.74, 6) is -1.32. The smallest absolute Gasteiger partial charge is 0.410 e. The molecule has 6 nitrogen and oxygen atoms in total. The molecule has 0 saturated carbocycles. The van der Waals surface area contributed by atoms with Crippen LogP contribution in [0.3, 0.4) is 0 Å². The lowest BCUT2D eigenvalue weighted by Crippen LogP contribution is -2.54. The molecule has 180 valence electrons. The number of carbonyl (C=O) groups excluding carboxylic acids is 2. The van der Waals surface area contributed by atoms with E-state index in [2.05, 4.69) is 4.98 Å². The van der Waals surface area contributed by atoms with E-state index < -0.39 is 34.5 Å². The predicted molar refractivity (Wildman–Crippen MR) is 123 cm³/mol. The number of halogens is 4. The third-order valence-electron chi connectivity index (χ3n) is 5.07. The predicted octanol–water partition coefficient (Wildman–Crippen LogP) is 6.47. The molecule has 10 heteroatoms. The molecule has 0 spiro atoms. The highest BCUT2D eigenvalue weighted by atomic mass is 35.5. The SMILES string of the molecule is C[C@@H]1C[C@](Cc2nc(Cl)c(Cl)c(Cl)c2F)(C(=O)OC(C)(C)C)CCN1C(=O)OC(C)(C)C. The monoisotopic (exact) mass is 510 g/mol. The first-order chi connectivity index (χ1) is 14.5. The number of carbonyl (C=O) groups is 2. The Hall–Kier alpha value is -1.31. The zero-order valence-corrected chi connectivity index (χ0v) is 21.7. The van der Waals surface area contributed by atoms with Crippen molar-refractivity contribution in [2.45, 2.75) is 85.0 Å². The number of aromatic nitrogens is 1. The minimum absolute atomic E-state index is 0.0758. The van der Waals surface area contributed by atoms with Gasteiger partial charge < -0.3 is 14.4 Å². The average Bonchev–Trinajstić information content (AvgIpc) is 2.61. The van der Waals surface area contributed by atoms with Crippen molar-refractivity contribution >= 4 is 46.9 Å². The fourth-order valence-electron chi connectivity index (χ4n) is 3.70. The summed E-state index contributed by atoms with van der Waals surface area (Å²) in [4.78, 5) is 31.6. The number of pyridine rings is 1. The Morgan fingerprint density at radius 3 is 2.16 bits per heavy atom. The fourth-order valence-corrected chi connectivity index (χ4v) is 4.27. The van der Waals surface area contributed by atoms with Gasteiger partial charge in [0.15, 0.2) is 5.82 Å². The molecule has 1 amide bonds. The first-order valence-electron chi connectivity index (χ1n) is 10.4. The van der Waals surface area contributed by atoms with Gasteiger partial charge in [-0.3, -0.25) is 4.79 Å². The molecule has 0 aromatic carbocycles. The summed E-state index contributed by atoms with van der Waals surface area (Å²) in [6.45, 7) is 12.7. The molecular formula is C22H30Cl3FN2O4. The number of rotatable bonds is 3. The van der Waals surface area contributed by atoms with Crippen molar-refractivity contribution in [3.63, 3.8) is 0 Å². The Balaban J connectivity index is 2.41. The highest BCUT2D eigenvalue weighted by molar-refractivity contribution is 6.47. The summed E-state index contributed by atoms with van der Waals surface area (Å²) in [6, 6.07) is -0.368. The number of hydrogen-bond acceptors (Lipinski definition) is 5. The maximum absolute atomic E-state index is 14.9. The Bertz CT molecular complexity index is 899. The van der Waals surface area contributed by atoms with Crippen LogP contribution in [-0.2, 0) is 20.7 Å². The number of likely N-dealkylation sites (tertiary alicyclic amines) is 1. The van der Waals surface area contributed by atoms with E-state index in [4.69, 9.17) is 44.3 Å². The van der Waals surface area contributed by atoms with Crippen LogP contribution in [0, 0.1) is 11.2 Å².